The van der Waals surface area contributed by atoms with E-state index in [4.69, 9.17) is 0 Å². The molecule has 0 bridgehead atoms. The molecule has 156 valence electrons. The minimum absolute atomic E-state index is 0. The molecule has 4 rings (SSSR count). The van der Waals surface area contributed by atoms with Gasteiger partial charge < -0.3 is 10.0 Å². The Kier molecular flexibility index (Phi) is 11.8. The third kappa shape index (κ3) is 8.16. The van der Waals surface area contributed by atoms with Crippen molar-refractivity contribution in [2.75, 3.05) is 14.1 Å². The minimum Gasteiger partial charge on any atom is -0.508 e. The van der Waals surface area contributed by atoms with Crippen molar-refractivity contribution in [2.24, 2.45) is 0 Å². The van der Waals surface area contributed by atoms with Crippen LogP contribution in [-0.2, 0) is 28.1 Å². The summed E-state index contributed by atoms with van der Waals surface area (Å²) in [6.45, 7) is 6.28. The Morgan fingerprint density at radius 2 is 1.50 bits per heavy atom. The van der Waals surface area contributed by atoms with Crippen LogP contribution in [0.15, 0.2) is 72.8 Å². The summed E-state index contributed by atoms with van der Waals surface area (Å²) in [6.07, 6.45) is 3.51. The number of aromatic hydroxyl groups is 1. The number of benzene rings is 3. The Morgan fingerprint density at radius 1 is 0.900 bits per heavy atom. The van der Waals surface area contributed by atoms with E-state index in [-0.39, 0.29) is 21.7 Å². The van der Waals surface area contributed by atoms with Crippen molar-refractivity contribution in [1.82, 2.24) is 4.90 Å². The van der Waals surface area contributed by atoms with Crippen LogP contribution in [0.5, 0.6) is 5.75 Å². The van der Waals surface area contributed by atoms with Crippen LogP contribution in [0.1, 0.15) is 16.7 Å². The summed E-state index contributed by atoms with van der Waals surface area (Å²) >= 11 is 0. The average Bonchev–Trinajstić information content (AvgIpc) is 3.14. The molecule has 1 aliphatic rings. The summed E-state index contributed by atoms with van der Waals surface area (Å²) in [6, 6.07) is 24.9. The van der Waals surface area contributed by atoms with Crippen molar-refractivity contribution in [3.63, 3.8) is 0 Å². The zero-order chi connectivity index (χ0) is 21.2. The average molecular weight is 451 g/mol. The predicted molar refractivity (Wildman–Crippen MR) is 127 cm³/mol. The Morgan fingerprint density at radius 3 is 2.07 bits per heavy atom. The van der Waals surface area contributed by atoms with Gasteiger partial charge in [-0.2, -0.15) is 18.1 Å². The SMILES string of the molecule is CN(C)C1[CH-]c2ccccc2C1.C[Si]C.Cc1cc(O)cc(-c2ccccc2)c1.[Ti]. The van der Waals surface area contributed by atoms with Crippen LogP contribution in [0.4, 0.5) is 0 Å². The molecule has 1 N–H and O–H groups in total. The number of nitrogens with zero attached hydrogens (tertiary/aromatic N) is 1. The number of likely N-dealkylation sites (N-methyl/N-ethyl adjacent to an activating group) is 1. The molecule has 0 aromatic heterocycles. The summed E-state index contributed by atoms with van der Waals surface area (Å²) < 4.78 is 0. The van der Waals surface area contributed by atoms with Gasteiger partial charge in [0.05, 0.1) is 0 Å². The molecule has 30 heavy (non-hydrogen) atoms. The van der Waals surface area contributed by atoms with E-state index < -0.39 is 0 Å². The molecule has 0 saturated carbocycles. The number of fused-ring (bicyclic) bond motifs is 1. The summed E-state index contributed by atoms with van der Waals surface area (Å²) in [5.74, 6) is 0.323. The number of hydrogen-bond acceptors (Lipinski definition) is 2. The van der Waals surface area contributed by atoms with Crippen LogP contribution in [0.3, 0.4) is 0 Å². The smallest absolute Gasteiger partial charge is 0.116 e. The largest absolute Gasteiger partial charge is 0.508 e. The minimum atomic E-state index is 0. The van der Waals surface area contributed by atoms with Crippen LogP contribution in [0.2, 0.25) is 13.1 Å². The first kappa shape index (κ1) is 26.3. The fourth-order valence-electron chi connectivity index (χ4n) is 3.27. The number of aryl methyl sites for hydroxylation is 1. The van der Waals surface area contributed by atoms with Gasteiger partial charge in [0.15, 0.2) is 0 Å². The number of phenolic OH excluding ortho intramolecular Hbond substituents is 1. The van der Waals surface area contributed by atoms with Crippen molar-refractivity contribution in [3.05, 3.63) is 95.9 Å². The molecule has 0 amide bonds. The normalized spacial score (nSPS) is 13.6. The van der Waals surface area contributed by atoms with Crippen LogP contribution < -0.4 is 0 Å². The zero-order valence-electron chi connectivity index (χ0n) is 18.7. The van der Waals surface area contributed by atoms with E-state index in [0.717, 1.165) is 26.2 Å². The summed E-state index contributed by atoms with van der Waals surface area (Å²) in [5, 5.41) is 9.46. The summed E-state index contributed by atoms with van der Waals surface area (Å²) in [4.78, 5) is 2.26. The molecule has 2 radical (unpaired) electrons. The first-order chi connectivity index (χ1) is 13.9. The van der Waals surface area contributed by atoms with Gasteiger partial charge in [-0.3, -0.25) is 0 Å². The fraction of sp³-hybridized carbons (Fsp3) is 0.269. The van der Waals surface area contributed by atoms with Crippen LogP contribution in [0.25, 0.3) is 11.1 Å². The van der Waals surface area contributed by atoms with Gasteiger partial charge in [-0.05, 0) is 55.9 Å². The molecule has 0 aliphatic heterocycles. The first-order valence-corrected chi connectivity index (χ1v) is 12.0. The van der Waals surface area contributed by atoms with E-state index in [1.54, 1.807) is 12.1 Å². The Labute approximate surface area is 200 Å². The van der Waals surface area contributed by atoms with E-state index in [0.29, 0.717) is 11.8 Å². The second kappa shape index (κ2) is 13.5. The zero-order valence-corrected chi connectivity index (χ0v) is 21.2. The molecular formula is C26H32NOSiTi-. The standard InChI is InChI=1S/C13H12O.C11H14N.C2H6Si.Ti/c1-10-7-12(9-13(14)8-10)11-5-3-2-4-6-11;1-12(2)11-7-9-5-3-4-6-10(9)8-11;1-3-2;/h2-9,14H,1H3;3-7,11H,8H2,1-2H3;1-2H3;/q;-1;;. The van der Waals surface area contributed by atoms with Crippen molar-refractivity contribution in [2.45, 2.75) is 32.5 Å². The summed E-state index contributed by atoms with van der Waals surface area (Å²) in [5.41, 5.74) is 6.16. The predicted octanol–water partition coefficient (Wildman–Crippen LogP) is 5.88. The molecule has 0 heterocycles. The van der Waals surface area contributed by atoms with Crippen molar-refractivity contribution < 1.29 is 26.8 Å². The molecule has 2 nitrogen and oxygen atoms in total. The van der Waals surface area contributed by atoms with E-state index in [1.807, 2.05) is 37.3 Å². The van der Waals surface area contributed by atoms with Gasteiger partial charge in [0, 0.05) is 31.2 Å². The second-order valence-electron chi connectivity index (χ2n) is 7.52. The van der Waals surface area contributed by atoms with E-state index in [9.17, 15) is 5.11 Å². The molecule has 1 unspecified atom stereocenters. The van der Waals surface area contributed by atoms with Crippen molar-refractivity contribution in [3.8, 4) is 16.9 Å². The molecule has 0 fully saturated rings. The maximum Gasteiger partial charge on any atom is 0.116 e. The maximum atomic E-state index is 9.46. The molecule has 1 atom stereocenters. The van der Waals surface area contributed by atoms with Crippen molar-refractivity contribution in [1.29, 1.82) is 0 Å². The van der Waals surface area contributed by atoms with Gasteiger partial charge >= 0.3 is 0 Å². The molecule has 3 aromatic carbocycles. The van der Waals surface area contributed by atoms with Gasteiger partial charge in [-0.15, -0.1) is 17.7 Å². The second-order valence-corrected chi connectivity index (χ2v) is 8.52. The fourth-order valence-corrected chi connectivity index (χ4v) is 3.27. The third-order valence-corrected chi connectivity index (χ3v) is 4.69. The Balaban J connectivity index is 0.000000260. The van der Waals surface area contributed by atoms with E-state index >= 15 is 0 Å². The number of hydrogen-bond donors (Lipinski definition) is 1. The van der Waals surface area contributed by atoms with Gasteiger partial charge in [0.2, 0.25) is 0 Å². The molecule has 0 saturated heterocycles. The van der Waals surface area contributed by atoms with Gasteiger partial charge in [0.1, 0.15) is 5.75 Å². The first-order valence-electron chi connectivity index (χ1n) is 9.98. The van der Waals surface area contributed by atoms with Gasteiger partial charge in [-0.25, -0.2) is 0 Å². The van der Waals surface area contributed by atoms with E-state index in [2.05, 4.69) is 68.8 Å². The van der Waals surface area contributed by atoms with Crippen LogP contribution >= 0.6 is 0 Å². The van der Waals surface area contributed by atoms with Gasteiger partial charge in [0.25, 0.3) is 0 Å². The van der Waals surface area contributed by atoms with Crippen molar-refractivity contribution >= 4 is 9.52 Å². The molecule has 1 aliphatic carbocycles. The molecule has 3 aromatic rings. The third-order valence-electron chi connectivity index (χ3n) is 4.69. The molecule has 0 spiro atoms. The monoisotopic (exact) mass is 450 g/mol. The topological polar surface area (TPSA) is 23.5 Å². The molecule has 4 heteroatoms. The van der Waals surface area contributed by atoms with Gasteiger partial charge in [-0.1, -0.05) is 62.0 Å². The van der Waals surface area contributed by atoms with E-state index in [1.165, 1.54) is 17.5 Å². The summed E-state index contributed by atoms with van der Waals surface area (Å²) in [7, 11) is 5.35. The maximum absolute atomic E-state index is 9.46. The quantitative estimate of drug-likeness (QED) is 0.390. The number of rotatable bonds is 2. The van der Waals surface area contributed by atoms with Crippen LogP contribution in [-0.4, -0.2) is 39.7 Å². The Bertz CT molecular complexity index is 838. The Hall–Kier alpha value is -1.78. The molecular weight excluding hydrogens is 418 g/mol. The number of phenols is 1. The van der Waals surface area contributed by atoms with Crippen LogP contribution in [0, 0.1) is 13.3 Å².